The van der Waals surface area contributed by atoms with E-state index in [9.17, 15) is 5.11 Å². The molecule has 0 spiro atoms. The molecule has 0 aromatic heterocycles. The van der Waals surface area contributed by atoms with Gasteiger partial charge in [0.2, 0.25) is 0 Å². The van der Waals surface area contributed by atoms with Crippen molar-refractivity contribution in [2.24, 2.45) is 10.9 Å². The third kappa shape index (κ3) is 4.19. The molecule has 0 fully saturated rings. The lowest BCUT2D eigenvalue weighted by molar-refractivity contribution is 0.344. The lowest BCUT2D eigenvalue weighted by Gasteiger charge is -2.04. The molecule has 0 aliphatic heterocycles. The Morgan fingerprint density at radius 3 is 2.09 bits per heavy atom. The van der Waals surface area contributed by atoms with Gasteiger partial charge in [-0.1, -0.05) is 13.8 Å². The summed E-state index contributed by atoms with van der Waals surface area (Å²) in [5.74, 6) is 0.495. The Morgan fingerprint density at radius 2 is 1.82 bits per heavy atom. The van der Waals surface area contributed by atoms with E-state index in [2.05, 4.69) is 20.9 Å². The molecule has 64 valence electrons. The third-order valence-electron chi connectivity index (χ3n) is 1.24. The Morgan fingerprint density at radius 1 is 1.36 bits per heavy atom. The molecule has 0 unspecified atom stereocenters. The molecule has 0 aromatic rings. The number of allylic oxidation sites excluding steroid dienone is 2. The number of nitrogens with zero attached hydrogens (tertiary/aromatic N) is 1. The standard InChI is InChI=1S/C8H14BrNO/c1-5(2)8(11)6(3)10-7(4)9/h5,11H,1-4H3/b8-6-,10-7+. The average Bonchev–Trinajstić information content (AvgIpc) is 1.84. The number of aliphatic imine (C=N–C) groups is 1. The predicted molar refractivity (Wildman–Crippen MR) is 52.2 cm³/mol. The molecule has 1 N–H and O–H groups in total. The van der Waals surface area contributed by atoms with Gasteiger partial charge in [-0.25, -0.2) is 4.99 Å². The summed E-state index contributed by atoms with van der Waals surface area (Å²) < 4.78 is 0.780. The quantitative estimate of drug-likeness (QED) is 0.562. The third-order valence-corrected chi connectivity index (χ3v) is 1.42. The molecule has 0 saturated carbocycles. The van der Waals surface area contributed by atoms with Crippen LogP contribution >= 0.6 is 15.9 Å². The predicted octanol–water partition coefficient (Wildman–Crippen LogP) is 3.25. The van der Waals surface area contributed by atoms with Crippen LogP contribution in [0.25, 0.3) is 0 Å². The van der Waals surface area contributed by atoms with E-state index in [4.69, 9.17) is 0 Å². The first-order chi connectivity index (χ1) is 4.95. The number of hydrogen-bond donors (Lipinski definition) is 1. The zero-order chi connectivity index (χ0) is 9.02. The van der Waals surface area contributed by atoms with Crippen LogP contribution in [0.1, 0.15) is 27.7 Å². The molecule has 0 aliphatic carbocycles. The zero-order valence-electron chi connectivity index (χ0n) is 7.35. The molecule has 0 atom stereocenters. The minimum absolute atomic E-state index is 0.144. The van der Waals surface area contributed by atoms with Crippen molar-refractivity contribution in [2.45, 2.75) is 27.7 Å². The van der Waals surface area contributed by atoms with E-state index >= 15 is 0 Å². The molecule has 11 heavy (non-hydrogen) atoms. The molecule has 0 amide bonds. The molecule has 0 saturated heterocycles. The molecular formula is C8H14BrNO. The summed E-state index contributed by atoms with van der Waals surface area (Å²) >= 11 is 3.20. The Balaban J connectivity index is 4.54. The van der Waals surface area contributed by atoms with Crippen LogP contribution in [0.15, 0.2) is 16.4 Å². The van der Waals surface area contributed by atoms with Crippen molar-refractivity contribution in [3.8, 4) is 0 Å². The number of aliphatic hydroxyl groups excluding tert-OH is 1. The summed E-state index contributed by atoms with van der Waals surface area (Å²) in [4.78, 5) is 4.06. The lowest BCUT2D eigenvalue weighted by atomic mass is 10.1. The van der Waals surface area contributed by atoms with Gasteiger partial charge in [-0.2, -0.15) is 0 Å². The minimum atomic E-state index is 0.144. The number of halogens is 1. The summed E-state index contributed by atoms with van der Waals surface area (Å²) in [6, 6.07) is 0. The van der Waals surface area contributed by atoms with E-state index < -0.39 is 0 Å². The van der Waals surface area contributed by atoms with Crippen LogP contribution in [0, 0.1) is 5.92 Å². The highest BCUT2D eigenvalue weighted by atomic mass is 79.9. The van der Waals surface area contributed by atoms with Crippen LogP contribution in [0.3, 0.4) is 0 Å². The van der Waals surface area contributed by atoms with Crippen molar-refractivity contribution in [3.63, 3.8) is 0 Å². The normalized spacial score (nSPS) is 15.3. The van der Waals surface area contributed by atoms with Gasteiger partial charge < -0.3 is 5.11 Å². The van der Waals surface area contributed by atoms with E-state index in [1.165, 1.54) is 0 Å². The highest BCUT2D eigenvalue weighted by Gasteiger charge is 2.03. The summed E-state index contributed by atoms with van der Waals surface area (Å²) in [5, 5.41) is 9.40. The molecule has 0 heterocycles. The Bertz CT molecular complexity index is 190. The van der Waals surface area contributed by atoms with Crippen LogP contribution in [-0.2, 0) is 0 Å². The van der Waals surface area contributed by atoms with Crippen LogP contribution in [0.5, 0.6) is 0 Å². The van der Waals surface area contributed by atoms with Crippen LogP contribution < -0.4 is 0 Å². The summed E-state index contributed by atoms with van der Waals surface area (Å²) in [6.45, 7) is 7.48. The van der Waals surface area contributed by atoms with Crippen molar-refractivity contribution in [3.05, 3.63) is 11.5 Å². The highest BCUT2D eigenvalue weighted by Crippen LogP contribution is 2.12. The van der Waals surface area contributed by atoms with Crippen LogP contribution in [-0.4, -0.2) is 9.73 Å². The van der Waals surface area contributed by atoms with Crippen molar-refractivity contribution in [1.82, 2.24) is 0 Å². The molecule has 0 bridgehead atoms. The van der Waals surface area contributed by atoms with Gasteiger partial charge in [0.15, 0.2) is 0 Å². The van der Waals surface area contributed by atoms with Gasteiger partial charge in [0.05, 0.1) is 10.3 Å². The van der Waals surface area contributed by atoms with Gasteiger partial charge in [-0.15, -0.1) is 0 Å². The molecule has 0 aliphatic rings. The monoisotopic (exact) mass is 219 g/mol. The van der Waals surface area contributed by atoms with E-state index in [1.54, 1.807) is 6.92 Å². The summed E-state index contributed by atoms with van der Waals surface area (Å²) in [6.07, 6.45) is 0. The second-order valence-electron chi connectivity index (χ2n) is 2.73. The minimum Gasteiger partial charge on any atom is -0.510 e. The van der Waals surface area contributed by atoms with Crippen LogP contribution in [0.2, 0.25) is 0 Å². The SMILES string of the molecule is CC(/N=C(\C)Br)=C(/O)C(C)C. The maximum Gasteiger partial charge on any atom is 0.116 e. The molecular weight excluding hydrogens is 206 g/mol. The topological polar surface area (TPSA) is 32.6 Å². The second kappa shape index (κ2) is 4.54. The number of rotatable bonds is 2. The van der Waals surface area contributed by atoms with Gasteiger partial charge in [0.25, 0.3) is 0 Å². The first-order valence-corrected chi connectivity index (χ1v) is 4.35. The maximum atomic E-state index is 9.40. The Labute approximate surface area is 76.2 Å². The van der Waals surface area contributed by atoms with E-state index in [1.807, 2.05) is 20.8 Å². The highest BCUT2D eigenvalue weighted by molar-refractivity contribution is 9.18. The zero-order valence-corrected chi connectivity index (χ0v) is 8.94. The first kappa shape index (κ1) is 10.7. The summed E-state index contributed by atoms with van der Waals surface area (Å²) in [7, 11) is 0. The van der Waals surface area contributed by atoms with Gasteiger partial charge >= 0.3 is 0 Å². The number of hydrogen-bond acceptors (Lipinski definition) is 2. The Kier molecular flexibility index (Phi) is 4.42. The van der Waals surface area contributed by atoms with Crippen molar-refractivity contribution in [2.75, 3.05) is 0 Å². The van der Waals surface area contributed by atoms with Gasteiger partial charge in [0.1, 0.15) is 5.76 Å². The maximum absolute atomic E-state index is 9.40. The fraction of sp³-hybridized carbons (Fsp3) is 0.625. The average molecular weight is 220 g/mol. The molecule has 0 radical (unpaired) electrons. The van der Waals surface area contributed by atoms with E-state index in [-0.39, 0.29) is 5.92 Å². The van der Waals surface area contributed by atoms with Gasteiger partial charge in [-0.05, 0) is 29.8 Å². The molecule has 0 rings (SSSR count). The van der Waals surface area contributed by atoms with E-state index in [0.29, 0.717) is 11.5 Å². The fourth-order valence-corrected chi connectivity index (χ4v) is 0.972. The second-order valence-corrected chi connectivity index (χ2v) is 3.88. The van der Waals surface area contributed by atoms with E-state index in [0.717, 1.165) is 4.62 Å². The largest absolute Gasteiger partial charge is 0.510 e. The summed E-state index contributed by atoms with van der Waals surface area (Å²) in [5.41, 5.74) is 0.675. The fourth-order valence-electron chi connectivity index (χ4n) is 0.706. The molecule has 3 heteroatoms. The first-order valence-electron chi connectivity index (χ1n) is 3.55. The lowest BCUT2D eigenvalue weighted by Crippen LogP contribution is -1.95. The number of aliphatic hydroxyl groups is 1. The molecule has 2 nitrogen and oxygen atoms in total. The van der Waals surface area contributed by atoms with Crippen molar-refractivity contribution < 1.29 is 5.11 Å². The van der Waals surface area contributed by atoms with Gasteiger partial charge in [-0.3, -0.25) is 0 Å². The van der Waals surface area contributed by atoms with Gasteiger partial charge in [0, 0.05) is 5.92 Å². The van der Waals surface area contributed by atoms with Crippen molar-refractivity contribution >= 4 is 20.6 Å². The smallest absolute Gasteiger partial charge is 0.116 e. The van der Waals surface area contributed by atoms with Crippen molar-refractivity contribution in [1.29, 1.82) is 0 Å². The van der Waals surface area contributed by atoms with Crippen LogP contribution in [0.4, 0.5) is 0 Å². The Hall–Kier alpha value is -0.310. The molecule has 0 aromatic carbocycles.